The van der Waals surface area contributed by atoms with Crippen LogP contribution in [0, 0.1) is 0 Å². The number of imidazole rings is 1. The van der Waals surface area contributed by atoms with Gasteiger partial charge in [0.15, 0.2) is 0 Å². The summed E-state index contributed by atoms with van der Waals surface area (Å²) in [7, 11) is 1.58. The highest BCUT2D eigenvalue weighted by atomic mass is 16.1. The van der Waals surface area contributed by atoms with Crippen molar-refractivity contribution in [3.05, 3.63) is 18.7 Å². The van der Waals surface area contributed by atoms with E-state index in [1.807, 2.05) is 0 Å². The number of hydrogen-bond acceptors (Lipinski definition) is 8. The fourth-order valence-electron chi connectivity index (χ4n) is 1.41. The first-order valence-electron chi connectivity index (χ1n) is 5.88. The number of hydrazine groups is 1. The number of anilines is 2. The fourth-order valence-corrected chi connectivity index (χ4v) is 1.41. The molecule has 0 aromatic carbocycles. The monoisotopic (exact) mass is 277 g/mol. The highest BCUT2D eigenvalue weighted by Gasteiger charge is 2.07. The largest absolute Gasteiger partial charge is 0.359 e. The molecule has 0 fully saturated rings. The Hall–Kier alpha value is -2.75. The number of amides is 1. The molecule has 1 amide bonds. The van der Waals surface area contributed by atoms with Crippen LogP contribution in [0.3, 0.4) is 0 Å². The van der Waals surface area contributed by atoms with Crippen molar-refractivity contribution in [3.8, 4) is 5.95 Å². The molecular formula is C10H15N9O. The van der Waals surface area contributed by atoms with Crippen LogP contribution in [0.15, 0.2) is 18.7 Å². The van der Waals surface area contributed by atoms with Crippen molar-refractivity contribution in [2.24, 2.45) is 5.84 Å². The zero-order chi connectivity index (χ0) is 14.4. The minimum Gasteiger partial charge on any atom is -0.359 e. The van der Waals surface area contributed by atoms with E-state index >= 15 is 0 Å². The van der Waals surface area contributed by atoms with Crippen molar-refractivity contribution in [1.82, 2.24) is 29.8 Å². The van der Waals surface area contributed by atoms with Crippen molar-refractivity contribution >= 4 is 17.8 Å². The summed E-state index contributed by atoms with van der Waals surface area (Å²) in [5.74, 6) is 6.15. The van der Waals surface area contributed by atoms with E-state index in [4.69, 9.17) is 5.84 Å². The predicted molar refractivity (Wildman–Crippen MR) is 71.9 cm³/mol. The van der Waals surface area contributed by atoms with Gasteiger partial charge in [-0.15, -0.1) is 0 Å². The van der Waals surface area contributed by atoms with Crippen LogP contribution in [0.4, 0.5) is 11.9 Å². The number of nitrogens with two attached hydrogens (primary N) is 1. The molecule has 0 aliphatic rings. The number of nitrogen functional groups attached to an aromatic ring is 1. The quantitative estimate of drug-likeness (QED) is 0.385. The third kappa shape index (κ3) is 3.38. The van der Waals surface area contributed by atoms with Gasteiger partial charge in [-0.25, -0.2) is 10.8 Å². The minimum atomic E-state index is -0.0708. The van der Waals surface area contributed by atoms with E-state index in [-0.39, 0.29) is 11.9 Å². The molecule has 5 N–H and O–H groups in total. The molecule has 0 atom stereocenters. The molecule has 0 aliphatic carbocycles. The molecule has 20 heavy (non-hydrogen) atoms. The van der Waals surface area contributed by atoms with Gasteiger partial charge in [-0.1, -0.05) is 0 Å². The normalized spacial score (nSPS) is 10.1. The van der Waals surface area contributed by atoms with Gasteiger partial charge in [-0.05, 0) is 0 Å². The molecule has 106 valence electrons. The molecule has 0 saturated carbocycles. The summed E-state index contributed by atoms with van der Waals surface area (Å²) in [6.45, 7) is 0.400. The molecule has 2 rings (SSSR count). The molecule has 2 aromatic heterocycles. The summed E-state index contributed by atoms with van der Waals surface area (Å²) in [6, 6.07) is 0. The lowest BCUT2D eigenvalue weighted by molar-refractivity contribution is -0.120. The Kier molecular flexibility index (Phi) is 4.39. The standard InChI is InChI=1S/C10H15N9O/c1-12-7(20)2-3-14-8-15-9(18-11)17-10(16-8)19-5-4-13-6-19/h4-6H,2-3,11H2,1H3,(H,12,20)(H2,14,15,16,17,18). The Morgan fingerprint density at radius 1 is 1.35 bits per heavy atom. The second kappa shape index (κ2) is 6.43. The smallest absolute Gasteiger partial charge is 0.243 e. The van der Waals surface area contributed by atoms with Gasteiger partial charge in [0.05, 0.1) is 0 Å². The molecule has 0 radical (unpaired) electrons. The van der Waals surface area contributed by atoms with Crippen molar-refractivity contribution in [2.75, 3.05) is 24.3 Å². The van der Waals surface area contributed by atoms with Gasteiger partial charge in [-0.3, -0.25) is 14.8 Å². The first-order chi connectivity index (χ1) is 9.72. The molecule has 0 unspecified atom stereocenters. The van der Waals surface area contributed by atoms with E-state index in [1.54, 1.807) is 30.3 Å². The summed E-state index contributed by atoms with van der Waals surface area (Å²) in [4.78, 5) is 27.4. The van der Waals surface area contributed by atoms with Crippen LogP contribution in [0.25, 0.3) is 5.95 Å². The number of aromatic nitrogens is 5. The van der Waals surface area contributed by atoms with Crippen LogP contribution in [-0.2, 0) is 4.79 Å². The second-order valence-corrected chi connectivity index (χ2v) is 3.75. The fraction of sp³-hybridized carbons (Fsp3) is 0.300. The Labute approximate surface area is 114 Å². The zero-order valence-corrected chi connectivity index (χ0v) is 10.9. The van der Waals surface area contributed by atoms with Crippen molar-refractivity contribution in [3.63, 3.8) is 0 Å². The lowest BCUT2D eigenvalue weighted by Crippen LogP contribution is -2.22. The predicted octanol–water partition coefficient (Wildman–Crippen LogP) is -1.11. The molecule has 2 aromatic rings. The van der Waals surface area contributed by atoms with Gasteiger partial charge in [0.25, 0.3) is 0 Å². The third-order valence-corrected chi connectivity index (χ3v) is 2.40. The van der Waals surface area contributed by atoms with Crippen LogP contribution in [0.1, 0.15) is 6.42 Å². The minimum absolute atomic E-state index is 0.0708. The van der Waals surface area contributed by atoms with Gasteiger partial charge in [-0.2, -0.15) is 15.0 Å². The number of nitrogens with one attached hydrogen (secondary N) is 3. The van der Waals surface area contributed by atoms with Crippen LogP contribution in [0.5, 0.6) is 0 Å². The van der Waals surface area contributed by atoms with Crippen molar-refractivity contribution in [1.29, 1.82) is 0 Å². The summed E-state index contributed by atoms with van der Waals surface area (Å²) >= 11 is 0. The van der Waals surface area contributed by atoms with E-state index in [2.05, 4.69) is 36.0 Å². The maximum Gasteiger partial charge on any atom is 0.243 e. The Balaban J connectivity index is 2.12. The van der Waals surface area contributed by atoms with Gasteiger partial charge in [0.1, 0.15) is 6.33 Å². The van der Waals surface area contributed by atoms with Crippen LogP contribution in [0.2, 0.25) is 0 Å². The topological polar surface area (TPSA) is 136 Å². The van der Waals surface area contributed by atoms with Gasteiger partial charge < -0.3 is 10.6 Å². The maximum atomic E-state index is 11.1. The number of rotatable bonds is 6. The highest BCUT2D eigenvalue weighted by molar-refractivity contribution is 5.75. The van der Waals surface area contributed by atoms with E-state index < -0.39 is 0 Å². The number of carbonyl (C=O) groups excluding carboxylic acids is 1. The molecule has 0 spiro atoms. The van der Waals surface area contributed by atoms with Crippen molar-refractivity contribution < 1.29 is 4.79 Å². The number of hydrogen-bond donors (Lipinski definition) is 4. The van der Waals surface area contributed by atoms with E-state index in [1.165, 1.54) is 0 Å². The molecule has 10 heteroatoms. The van der Waals surface area contributed by atoms with E-state index in [0.717, 1.165) is 0 Å². The average Bonchev–Trinajstić information content (AvgIpc) is 3.01. The van der Waals surface area contributed by atoms with Gasteiger partial charge in [0.2, 0.25) is 23.8 Å². The first kappa shape index (κ1) is 13.7. The molecule has 10 nitrogen and oxygen atoms in total. The Morgan fingerprint density at radius 3 is 2.80 bits per heavy atom. The summed E-state index contributed by atoms with van der Waals surface area (Å²) in [5, 5.41) is 5.47. The van der Waals surface area contributed by atoms with Crippen LogP contribution in [-0.4, -0.2) is 44.0 Å². The molecule has 0 saturated heterocycles. The highest BCUT2D eigenvalue weighted by Crippen LogP contribution is 2.08. The van der Waals surface area contributed by atoms with Crippen molar-refractivity contribution in [2.45, 2.75) is 6.42 Å². The molecule has 2 heterocycles. The van der Waals surface area contributed by atoms with Gasteiger partial charge in [0, 0.05) is 32.4 Å². The Morgan fingerprint density at radius 2 is 2.15 bits per heavy atom. The lowest BCUT2D eigenvalue weighted by Gasteiger charge is -2.08. The second-order valence-electron chi connectivity index (χ2n) is 3.75. The van der Waals surface area contributed by atoms with E-state index in [9.17, 15) is 4.79 Å². The lowest BCUT2D eigenvalue weighted by atomic mass is 10.4. The third-order valence-electron chi connectivity index (χ3n) is 2.40. The average molecular weight is 277 g/mol. The SMILES string of the molecule is CNC(=O)CCNc1nc(NN)nc(-n2ccnc2)n1. The number of carbonyl (C=O) groups is 1. The molecular weight excluding hydrogens is 262 g/mol. The first-order valence-corrected chi connectivity index (χ1v) is 5.88. The van der Waals surface area contributed by atoms with Crippen LogP contribution >= 0.6 is 0 Å². The summed E-state index contributed by atoms with van der Waals surface area (Å²) in [5.41, 5.74) is 2.36. The van der Waals surface area contributed by atoms with Crippen LogP contribution < -0.4 is 21.9 Å². The molecule has 0 aliphatic heterocycles. The van der Waals surface area contributed by atoms with E-state index in [0.29, 0.717) is 24.9 Å². The maximum absolute atomic E-state index is 11.1. The zero-order valence-electron chi connectivity index (χ0n) is 10.9. The molecule has 0 bridgehead atoms. The summed E-state index contributed by atoms with van der Waals surface area (Å²) < 4.78 is 1.62. The Bertz CT molecular complexity index is 568. The van der Waals surface area contributed by atoms with Gasteiger partial charge >= 0.3 is 0 Å². The number of nitrogens with zero attached hydrogens (tertiary/aromatic N) is 5. The summed E-state index contributed by atoms with van der Waals surface area (Å²) in [6.07, 6.45) is 5.18.